The molecule has 2 nitrogen and oxygen atoms in total. The van der Waals surface area contributed by atoms with Crippen LogP contribution in [0.4, 0.5) is 5.69 Å². The van der Waals surface area contributed by atoms with Crippen LogP contribution in [0.1, 0.15) is 43.7 Å². The lowest BCUT2D eigenvalue weighted by molar-refractivity contribution is -0.115. The molecule has 96 valence electrons. The standard InChI is InChI=1S/C16H21NO/c1-3-7-13-9-6-8-12(2)16(13)17-14-10-4-5-11-15(14)18/h6,8-10,17H,3-5,7,11H2,1-2H3. The molecule has 1 aromatic rings. The van der Waals surface area contributed by atoms with Crippen molar-refractivity contribution in [3.8, 4) is 0 Å². The number of allylic oxidation sites excluding steroid dienone is 2. The monoisotopic (exact) mass is 243 g/mol. The van der Waals surface area contributed by atoms with E-state index in [1.165, 1.54) is 11.1 Å². The van der Waals surface area contributed by atoms with Crippen LogP contribution in [0.25, 0.3) is 0 Å². The van der Waals surface area contributed by atoms with Gasteiger partial charge in [0.05, 0.1) is 5.70 Å². The first-order valence-corrected chi connectivity index (χ1v) is 6.81. The van der Waals surface area contributed by atoms with Crippen LogP contribution in [0.15, 0.2) is 30.0 Å². The Hall–Kier alpha value is -1.57. The highest BCUT2D eigenvalue weighted by Crippen LogP contribution is 2.25. The van der Waals surface area contributed by atoms with E-state index in [-0.39, 0.29) is 5.78 Å². The predicted molar refractivity (Wildman–Crippen MR) is 75.7 cm³/mol. The second-order valence-corrected chi connectivity index (χ2v) is 4.92. The molecule has 0 atom stereocenters. The van der Waals surface area contributed by atoms with Crippen molar-refractivity contribution in [2.75, 3.05) is 5.32 Å². The zero-order valence-corrected chi connectivity index (χ0v) is 11.3. The maximum Gasteiger partial charge on any atom is 0.178 e. The largest absolute Gasteiger partial charge is 0.352 e. The van der Waals surface area contributed by atoms with Crippen molar-refractivity contribution in [1.29, 1.82) is 0 Å². The van der Waals surface area contributed by atoms with Gasteiger partial charge in [0.1, 0.15) is 0 Å². The molecule has 2 rings (SSSR count). The van der Waals surface area contributed by atoms with Gasteiger partial charge in [-0.05, 0) is 37.3 Å². The van der Waals surface area contributed by atoms with E-state index in [9.17, 15) is 4.79 Å². The average Bonchev–Trinajstić information content (AvgIpc) is 2.36. The molecule has 0 bridgehead atoms. The summed E-state index contributed by atoms with van der Waals surface area (Å²) >= 11 is 0. The molecular formula is C16H21NO. The predicted octanol–water partition coefficient (Wildman–Crippen LogP) is 4.00. The molecule has 0 saturated carbocycles. The normalized spacial score (nSPS) is 15.4. The van der Waals surface area contributed by atoms with Crippen LogP contribution < -0.4 is 5.32 Å². The molecule has 0 radical (unpaired) electrons. The minimum Gasteiger partial charge on any atom is -0.352 e. The minimum absolute atomic E-state index is 0.243. The van der Waals surface area contributed by atoms with Crippen molar-refractivity contribution in [3.63, 3.8) is 0 Å². The SMILES string of the molecule is CCCc1cccc(C)c1NC1=CCCCC1=O. The van der Waals surface area contributed by atoms with Gasteiger partial charge in [0.2, 0.25) is 0 Å². The Morgan fingerprint density at radius 3 is 2.89 bits per heavy atom. The van der Waals surface area contributed by atoms with Crippen LogP contribution in [-0.2, 0) is 11.2 Å². The maximum absolute atomic E-state index is 11.8. The van der Waals surface area contributed by atoms with Crippen LogP contribution in [0.5, 0.6) is 0 Å². The van der Waals surface area contributed by atoms with Crippen LogP contribution in [0.2, 0.25) is 0 Å². The Kier molecular flexibility index (Phi) is 4.19. The van der Waals surface area contributed by atoms with E-state index >= 15 is 0 Å². The zero-order chi connectivity index (χ0) is 13.0. The van der Waals surface area contributed by atoms with Crippen molar-refractivity contribution in [3.05, 3.63) is 41.1 Å². The minimum atomic E-state index is 0.243. The number of nitrogens with one attached hydrogen (secondary N) is 1. The van der Waals surface area contributed by atoms with E-state index in [1.54, 1.807) is 0 Å². The summed E-state index contributed by atoms with van der Waals surface area (Å²) in [6.45, 7) is 4.27. The van der Waals surface area contributed by atoms with Gasteiger partial charge in [-0.3, -0.25) is 4.79 Å². The van der Waals surface area contributed by atoms with Crippen LogP contribution in [-0.4, -0.2) is 5.78 Å². The lowest BCUT2D eigenvalue weighted by Gasteiger charge is -2.18. The quantitative estimate of drug-likeness (QED) is 0.866. The number of benzene rings is 1. The Balaban J connectivity index is 2.27. The Labute approximate surface area is 109 Å². The highest BCUT2D eigenvalue weighted by Gasteiger charge is 2.15. The molecule has 0 saturated heterocycles. The molecular weight excluding hydrogens is 222 g/mol. The number of Topliss-reactive ketones (excluding diaryl/α,β-unsaturated/α-hetero) is 1. The van der Waals surface area contributed by atoms with Crippen LogP contribution in [0.3, 0.4) is 0 Å². The Morgan fingerprint density at radius 1 is 1.33 bits per heavy atom. The fraction of sp³-hybridized carbons (Fsp3) is 0.438. The first-order chi connectivity index (χ1) is 8.72. The van der Waals surface area contributed by atoms with Crippen molar-refractivity contribution in [2.24, 2.45) is 0 Å². The van der Waals surface area contributed by atoms with E-state index in [0.717, 1.165) is 37.1 Å². The van der Waals surface area contributed by atoms with Crippen molar-refractivity contribution < 1.29 is 4.79 Å². The number of ketones is 1. The van der Waals surface area contributed by atoms with Gasteiger partial charge in [-0.15, -0.1) is 0 Å². The second-order valence-electron chi connectivity index (χ2n) is 4.92. The number of para-hydroxylation sites is 1. The molecule has 1 aromatic carbocycles. The maximum atomic E-state index is 11.8. The number of hydrogen-bond donors (Lipinski definition) is 1. The number of carbonyl (C=O) groups is 1. The molecule has 0 fully saturated rings. The topological polar surface area (TPSA) is 29.1 Å². The summed E-state index contributed by atoms with van der Waals surface area (Å²) in [6.07, 6.45) is 6.86. The Bertz CT molecular complexity index is 474. The third-order valence-electron chi connectivity index (χ3n) is 3.39. The van der Waals surface area contributed by atoms with Crippen LogP contribution >= 0.6 is 0 Å². The summed E-state index contributed by atoms with van der Waals surface area (Å²) in [6, 6.07) is 6.32. The molecule has 0 aromatic heterocycles. The number of hydrogen-bond acceptors (Lipinski definition) is 2. The van der Waals surface area contributed by atoms with Crippen molar-refractivity contribution in [2.45, 2.75) is 46.0 Å². The molecule has 0 spiro atoms. The molecule has 0 amide bonds. The summed E-state index contributed by atoms with van der Waals surface area (Å²) in [5.41, 5.74) is 4.42. The second kappa shape index (κ2) is 5.85. The highest BCUT2D eigenvalue weighted by atomic mass is 16.1. The summed E-state index contributed by atoms with van der Waals surface area (Å²) < 4.78 is 0. The van der Waals surface area contributed by atoms with Gasteiger partial charge in [0.25, 0.3) is 0 Å². The average molecular weight is 243 g/mol. The van der Waals surface area contributed by atoms with Gasteiger partial charge >= 0.3 is 0 Å². The molecule has 1 N–H and O–H groups in total. The number of rotatable bonds is 4. The van der Waals surface area contributed by atoms with Gasteiger partial charge in [-0.25, -0.2) is 0 Å². The van der Waals surface area contributed by atoms with Gasteiger partial charge in [-0.1, -0.05) is 37.6 Å². The third kappa shape index (κ3) is 2.81. The third-order valence-corrected chi connectivity index (χ3v) is 3.39. The molecule has 0 aliphatic heterocycles. The number of anilines is 1. The number of aryl methyl sites for hydroxylation is 2. The molecule has 0 unspecified atom stereocenters. The number of carbonyl (C=O) groups excluding carboxylic acids is 1. The highest BCUT2D eigenvalue weighted by molar-refractivity contribution is 5.99. The fourth-order valence-corrected chi connectivity index (χ4v) is 2.40. The zero-order valence-electron chi connectivity index (χ0n) is 11.3. The lowest BCUT2D eigenvalue weighted by Crippen LogP contribution is -2.16. The van der Waals surface area contributed by atoms with E-state index in [0.29, 0.717) is 6.42 Å². The fourth-order valence-electron chi connectivity index (χ4n) is 2.40. The lowest BCUT2D eigenvalue weighted by atomic mass is 10.0. The molecule has 1 aliphatic carbocycles. The van der Waals surface area contributed by atoms with Gasteiger partial charge < -0.3 is 5.32 Å². The summed E-state index contributed by atoms with van der Waals surface area (Å²) in [5, 5.41) is 3.36. The van der Waals surface area contributed by atoms with Crippen molar-refractivity contribution >= 4 is 11.5 Å². The molecule has 2 heteroatoms. The van der Waals surface area contributed by atoms with Crippen molar-refractivity contribution in [1.82, 2.24) is 0 Å². The van der Waals surface area contributed by atoms with Crippen LogP contribution in [0, 0.1) is 6.92 Å². The Morgan fingerprint density at radius 2 is 2.17 bits per heavy atom. The molecule has 1 aliphatic rings. The first kappa shape index (κ1) is 12.9. The molecule has 0 heterocycles. The summed E-state index contributed by atoms with van der Waals surface area (Å²) in [5.74, 6) is 0.243. The van der Waals surface area contributed by atoms with Gasteiger partial charge in [-0.2, -0.15) is 0 Å². The smallest absolute Gasteiger partial charge is 0.178 e. The van der Waals surface area contributed by atoms with Gasteiger partial charge in [0, 0.05) is 12.1 Å². The van der Waals surface area contributed by atoms with E-state index in [2.05, 4.69) is 37.4 Å². The summed E-state index contributed by atoms with van der Waals surface area (Å²) in [7, 11) is 0. The van der Waals surface area contributed by atoms with E-state index < -0.39 is 0 Å². The first-order valence-electron chi connectivity index (χ1n) is 6.81. The van der Waals surface area contributed by atoms with E-state index in [4.69, 9.17) is 0 Å². The molecule has 18 heavy (non-hydrogen) atoms. The van der Waals surface area contributed by atoms with E-state index in [1.807, 2.05) is 6.08 Å². The summed E-state index contributed by atoms with van der Waals surface area (Å²) in [4.78, 5) is 11.8. The van der Waals surface area contributed by atoms with Gasteiger partial charge in [0.15, 0.2) is 5.78 Å².